The van der Waals surface area contributed by atoms with E-state index in [1.54, 1.807) is 0 Å². The summed E-state index contributed by atoms with van der Waals surface area (Å²) in [6.45, 7) is 2.08. The highest BCUT2D eigenvalue weighted by Crippen LogP contribution is 2.25. The Kier molecular flexibility index (Phi) is 5.58. The van der Waals surface area contributed by atoms with Crippen molar-refractivity contribution in [2.45, 2.75) is 38.6 Å². The van der Waals surface area contributed by atoms with Gasteiger partial charge in [0.15, 0.2) is 5.78 Å². The van der Waals surface area contributed by atoms with Crippen LogP contribution in [0.15, 0.2) is 24.3 Å². The van der Waals surface area contributed by atoms with Crippen molar-refractivity contribution in [1.82, 2.24) is 4.72 Å². The smallest absolute Gasteiger partial charge is 0.208 e. The summed E-state index contributed by atoms with van der Waals surface area (Å²) in [4.78, 5) is 12.2. The first-order valence-electron chi connectivity index (χ1n) is 7.53. The largest absolute Gasteiger partial charge is 0.486 e. The van der Waals surface area contributed by atoms with E-state index in [0.29, 0.717) is 31.4 Å². The number of sulfonamides is 1. The zero-order valence-electron chi connectivity index (χ0n) is 13.0. The van der Waals surface area contributed by atoms with Gasteiger partial charge in [-0.25, -0.2) is 13.1 Å². The van der Waals surface area contributed by atoms with Gasteiger partial charge in [-0.2, -0.15) is 0 Å². The minimum absolute atomic E-state index is 0.0249. The Labute approximate surface area is 132 Å². The molecule has 0 amide bonds. The molecule has 0 bridgehead atoms. The highest BCUT2D eigenvalue weighted by molar-refractivity contribution is 7.88. The van der Waals surface area contributed by atoms with Crippen LogP contribution in [0.1, 0.15) is 31.2 Å². The number of aryl methyl sites for hydroxylation is 1. The van der Waals surface area contributed by atoms with Crippen molar-refractivity contribution in [1.29, 1.82) is 0 Å². The van der Waals surface area contributed by atoms with Crippen molar-refractivity contribution in [3.05, 3.63) is 29.8 Å². The second kappa shape index (κ2) is 7.24. The zero-order valence-corrected chi connectivity index (χ0v) is 13.9. The highest BCUT2D eigenvalue weighted by Gasteiger charge is 2.27. The zero-order chi connectivity index (χ0) is 16.2. The number of benzene rings is 1. The van der Waals surface area contributed by atoms with Crippen molar-refractivity contribution < 1.29 is 17.9 Å². The Balaban J connectivity index is 1.76. The number of ether oxygens (including phenoxy) is 1. The fourth-order valence-corrected chi connectivity index (χ4v) is 3.58. The molecule has 1 aromatic rings. The van der Waals surface area contributed by atoms with Crippen LogP contribution in [-0.2, 0) is 14.8 Å². The maximum atomic E-state index is 12.2. The number of nitrogens with one attached hydrogen (secondary N) is 1. The van der Waals surface area contributed by atoms with Gasteiger partial charge < -0.3 is 4.74 Å². The molecule has 0 aliphatic heterocycles. The van der Waals surface area contributed by atoms with Crippen molar-refractivity contribution in [2.75, 3.05) is 12.9 Å². The Bertz CT molecular complexity index is 602. The number of hydrogen-bond donors (Lipinski definition) is 1. The van der Waals surface area contributed by atoms with Crippen LogP contribution >= 0.6 is 0 Å². The van der Waals surface area contributed by atoms with E-state index in [4.69, 9.17) is 4.74 Å². The van der Waals surface area contributed by atoms with Gasteiger partial charge in [-0.15, -0.1) is 0 Å². The summed E-state index contributed by atoms with van der Waals surface area (Å²) in [5.41, 5.74) is 1.15. The lowest BCUT2D eigenvalue weighted by Crippen LogP contribution is -2.38. The van der Waals surface area contributed by atoms with E-state index >= 15 is 0 Å². The standard InChI is InChI=1S/C16H23NO4S/c1-12-3-9-15(10-4-12)21-11-16(18)13-5-7-14(8-6-13)17-22(2,19)20/h3-4,9-10,13-14,17H,5-8,11H2,1-2H3. The van der Waals surface area contributed by atoms with E-state index < -0.39 is 10.0 Å². The van der Waals surface area contributed by atoms with Crippen LogP contribution in [-0.4, -0.2) is 33.1 Å². The van der Waals surface area contributed by atoms with E-state index in [2.05, 4.69) is 4.72 Å². The number of ketones is 1. The first kappa shape index (κ1) is 17.0. The third kappa shape index (κ3) is 5.42. The first-order valence-corrected chi connectivity index (χ1v) is 9.42. The summed E-state index contributed by atoms with van der Waals surface area (Å²) in [6, 6.07) is 7.56. The lowest BCUT2D eigenvalue weighted by atomic mass is 9.84. The molecular formula is C16H23NO4S. The molecule has 0 unspecified atom stereocenters. The number of Topliss-reactive ketones (excluding diaryl/α,β-unsaturated/α-hetero) is 1. The number of carbonyl (C=O) groups is 1. The van der Waals surface area contributed by atoms with Crippen LogP contribution in [0.4, 0.5) is 0 Å². The maximum Gasteiger partial charge on any atom is 0.208 e. The molecule has 0 aromatic heterocycles. The second-order valence-electron chi connectivity index (χ2n) is 6.01. The number of hydrogen-bond acceptors (Lipinski definition) is 4. The molecule has 0 radical (unpaired) electrons. The molecule has 6 heteroatoms. The summed E-state index contributed by atoms with van der Waals surface area (Å²) in [5.74, 6) is 0.771. The van der Waals surface area contributed by atoms with Crippen LogP contribution in [0.25, 0.3) is 0 Å². The Morgan fingerprint density at radius 3 is 2.32 bits per heavy atom. The van der Waals surface area contributed by atoms with Crippen LogP contribution in [0.3, 0.4) is 0 Å². The van der Waals surface area contributed by atoms with E-state index in [0.717, 1.165) is 5.56 Å². The molecule has 1 saturated carbocycles. The molecular weight excluding hydrogens is 302 g/mol. The summed E-state index contributed by atoms with van der Waals surface area (Å²) >= 11 is 0. The summed E-state index contributed by atoms with van der Waals surface area (Å²) < 4.78 is 30.5. The monoisotopic (exact) mass is 325 g/mol. The fraction of sp³-hybridized carbons (Fsp3) is 0.562. The maximum absolute atomic E-state index is 12.2. The van der Waals surface area contributed by atoms with Crippen molar-refractivity contribution in [3.8, 4) is 5.75 Å². The van der Waals surface area contributed by atoms with Gasteiger partial charge in [0.25, 0.3) is 0 Å². The first-order chi connectivity index (χ1) is 10.3. The summed E-state index contributed by atoms with van der Waals surface area (Å²) in [7, 11) is -3.17. The van der Waals surface area contributed by atoms with E-state index in [-0.39, 0.29) is 24.3 Å². The Hall–Kier alpha value is -1.40. The molecule has 1 aromatic carbocycles. The van der Waals surface area contributed by atoms with Crippen LogP contribution in [0, 0.1) is 12.8 Å². The van der Waals surface area contributed by atoms with Crippen molar-refractivity contribution >= 4 is 15.8 Å². The van der Waals surface area contributed by atoms with Crippen LogP contribution < -0.4 is 9.46 Å². The molecule has 0 heterocycles. The van der Waals surface area contributed by atoms with Gasteiger partial charge in [-0.3, -0.25) is 4.79 Å². The van der Waals surface area contributed by atoms with E-state index in [1.165, 1.54) is 6.26 Å². The third-order valence-electron chi connectivity index (χ3n) is 3.97. The molecule has 0 saturated heterocycles. The molecule has 1 aliphatic carbocycles. The predicted octanol–water partition coefficient (Wildman–Crippen LogP) is 2.05. The van der Waals surface area contributed by atoms with Crippen molar-refractivity contribution in [2.24, 2.45) is 5.92 Å². The number of rotatable bonds is 6. The fourth-order valence-electron chi connectivity index (χ4n) is 2.74. The van der Waals surface area contributed by atoms with E-state index in [9.17, 15) is 13.2 Å². The Morgan fingerprint density at radius 1 is 1.18 bits per heavy atom. The lowest BCUT2D eigenvalue weighted by Gasteiger charge is -2.27. The summed E-state index contributed by atoms with van der Waals surface area (Å²) in [5, 5.41) is 0. The minimum atomic E-state index is -3.17. The van der Waals surface area contributed by atoms with Gasteiger partial charge in [0.2, 0.25) is 10.0 Å². The normalized spacial score (nSPS) is 22.3. The van der Waals surface area contributed by atoms with Gasteiger partial charge in [0, 0.05) is 12.0 Å². The lowest BCUT2D eigenvalue weighted by molar-refractivity contribution is -0.125. The molecule has 1 N–H and O–H groups in total. The van der Waals surface area contributed by atoms with Crippen molar-refractivity contribution in [3.63, 3.8) is 0 Å². The van der Waals surface area contributed by atoms with Gasteiger partial charge in [0.05, 0.1) is 6.26 Å². The molecule has 1 fully saturated rings. The molecule has 0 spiro atoms. The quantitative estimate of drug-likeness (QED) is 0.869. The molecule has 22 heavy (non-hydrogen) atoms. The third-order valence-corrected chi connectivity index (χ3v) is 4.73. The highest BCUT2D eigenvalue weighted by atomic mass is 32.2. The van der Waals surface area contributed by atoms with Gasteiger partial charge >= 0.3 is 0 Å². The molecule has 1 aliphatic rings. The van der Waals surface area contributed by atoms with Gasteiger partial charge in [0.1, 0.15) is 12.4 Å². The number of carbonyl (C=O) groups excluding carboxylic acids is 1. The van der Waals surface area contributed by atoms with Gasteiger partial charge in [-0.1, -0.05) is 17.7 Å². The molecule has 0 atom stereocenters. The predicted molar refractivity (Wildman–Crippen MR) is 85.4 cm³/mol. The van der Waals surface area contributed by atoms with E-state index in [1.807, 2.05) is 31.2 Å². The SMILES string of the molecule is Cc1ccc(OCC(=O)C2CCC(NS(C)(=O)=O)CC2)cc1. The topological polar surface area (TPSA) is 72.5 Å². The molecule has 5 nitrogen and oxygen atoms in total. The molecule has 2 rings (SSSR count). The molecule has 122 valence electrons. The summed E-state index contributed by atoms with van der Waals surface area (Å²) in [6.07, 6.45) is 3.99. The minimum Gasteiger partial charge on any atom is -0.486 e. The average Bonchev–Trinajstić information content (AvgIpc) is 2.45. The van der Waals surface area contributed by atoms with Crippen LogP contribution in [0.5, 0.6) is 5.75 Å². The second-order valence-corrected chi connectivity index (χ2v) is 7.79. The van der Waals surface area contributed by atoms with Crippen LogP contribution in [0.2, 0.25) is 0 Å². The average molecular weight is 325 g/mol. The van der Waals surface area contributed by atoms with Gasteiger partial charge in [-0.05, 0) is 44.7 Å². The Morgan fingerprint density at radius 2 is 1.77 bits per heavy atom.